The molecule has 1 N–H and O–H groups in total. The Morgan fingerprint density at radius 1 is 1.03 bits per heavy atom. The molecule has 0 aliphatic heterocycles. The number of hydrogen-bond donors (Lipinski definition) is 1. The molecule has 2 aromatic carbocycles. The lowest BCUT2D eigenvalue weighted by Gasteiger charge is -2.30. The quantitative estimate of drug-likeness (QED) is 0.737. The Kier molecular flexibility index (Phi) is 7.45. The van der Waals surface area contributed by atoms with E-state index in [0.29, 0.717) is 13.0 Å². The molecule has 1 fully saturated rings. The van der Waals surface area contributed by atoms with Gasteiger partial charge in [0.25, 0.3) is 0 Å². The number of aryl methyl sites for hydroxylation is 1. The summed E-state index contributed by atoms with van der Waals surface area (Å²) in [5.74, 6) is -0.0348. The number of benzene rings is 2. The molecule has 154 valence electrons. The smallest absolute Gasteiger partial charge is 0.242 e. The molecule has 0 heterocycles. The highest BCUT2D eigenvalue weighted by Gasteiger charge is 2.28. The van der Waals surface area contributed by atoms with E-state index in [4.69, 9.17) is 0 Å². The number of hydrogen-bond acceptors (Lipinski definition) is 2. The number of carbonyl (C=O) groups excluding carboxylic acids is 2. The monoisotopic (exact) mass is 392 g/mol. The van der Waals surface area contributed by atoms with E-state index in [2.05, 4.69) is 17.4 Å². The van der Waals surface area contributed by atoms with Gasteiger partial charge in [-0.15, -0.1) is 0 Å². The summed E-state index contributed by atoms with van der Waals surface area (Å²) < 4.78 is 0. The van der Waals surface area contributed by atoms with E-state index in [9.17, 15) is 9.59 Å². The molecule has 29 heavy (non-hydrogen) atoms. The highest BCUT2D eigenvalue weighted by Crippen LogP contribution is 2.18. The Bertz CT molecular complexity index is 813. The first kappa shape index (κ1) is 21.1. The summed E-state index contributed by atoms with van der Waals surface area (Å²) in [6, 6.07) is 17.9. The predicted molar refractivity (Wildman–Crippen MR) is 117 cm³/mol. The standard InChI is InChI=1S/C25H32N2O2/c1-19-10-6-7-13-22(19)18-24(28)27(17-16-21-11-4-3-5-12-21)20(2)25(29)26-23-14-8-9-15-23/h3-7,10-13,20,23H,8-9,14-18H2,1-2H3,(H,26,29)/t20-/m0/s1. The van der Waals surface area contributed by atoms with Gasteiger partial charge in [0.15, 0.2) is 0 Å². The van der Waals surface area contributed by atoms with Crippen LogP contribution in [0.2, 0.25) is 0 Å². The van der Waals surface area contributed by atoms with E-state index >= 15 is 0 Å². The van der Waals surface area contributed by atoms with Crippen LogP contribution < -0.4 is 5.32 Å². The summed E-state index contributed by atoms with van der Waals surface area (Å²) >= 11 is 0. The SMILES string of the molecule is Cc1ccccc1CC(=O)N(CCc1ccccc1)[C@@H](C)C(=O)NC1CCCC1. The zero-order chi connectivity index (χ0) is 20.6. The minimum Gasteiger partial charge on any atom is -0.352 e. The Morgan fingerprint density at radius 2 is 1.69 bits per heavy atom. The Balaban J connectivity index is 1.71. The van der Waals surface area contributed by atoms with Crippen molar-refractivity contribution in [1.29, 1.82) is 0 Å². The average Bonchev–Trinajstić information content (AvgIpc) is 3.23. The van der Waals surface area contributed by atoms with Crippen LogP contribution in [0.5, 0.6) is 0 Å². The van der Waals surface area contributed by atoms with Crippen molar-refractivity contribution in [3.05, 3.63) is 71.3 Å². The van der Waals surface area contributed by atoms with Gasteiger partial charge in [0, 0.05) is 12.6 Å². The second-order valence-corrected chi connectivity index (χ2v) is 8.09. The van der Waals surface area contributed by atoms with Crippen molar-refractivity contribution in [3.8, 4) is 0 Å². The van der Waals surface area contributed by atoms with Gasteiger partial charge in [-0.05, 0) is 49.8 Å². The molecule has 0 saturated heterocycles. The first-order chi connectivity index (χ1) is 14.0. The number of nitrogens with one attached hydrogen (secondary N) is 1. The van der Waals surface area contributed by atoms with Crippen LogP contribution in [0.25, 0.3) is 0 Å². The van der Waals surface area contributed by atoms with Crippen LogP contribution in [0.15, 0.2) is 54.6 Å². The normalized spacial score (nSPS) is 15.1. The van der Waals surface area contributed by atoms with Crippen LogP contribution in [0, 0.1) is 6.92 Å². The van der Waals surface area contributed by atoms with Crippen LogP contribution in [-0.4, -0.2) is 35.3 Å². The summed E-state index contributed by atoms with van der Waals surface area (Å²) in [6.07, 6.45) is 5.48. The molecule has 0 radical (unpaired) electrons. The largest absolute Gasteiger partial charge is 0.352 e. The average molecular weight is 393 g/mol. The van der Waals surface area contributed by atoms with Gasteiger partial charge < -0.3 is 10.2 Å². The Labute approximate surface area is 174 Å². The van der Waals surface area contributed by atoms with Crippen LogP contribution >= 0.6 is 0 Å². The molecular formula is C25H32N2O2. The maximum Gasteiger partial charge on any atom is 0.242 e. The molecule has 0 spiro atoms. The third-order valence-electron chi connectivity index (χ3n) is 5.96. The molecule has 0 bridgehead atoms. The van der Waals surface area contributed by atoms with Crippen LogP contribution in [0.3, 0.4) is 0 Å². The molecule has 4 heteroatoms. The van der Waals surface area contributed by atoms with E-state index in [-0.39, 0.29) is 17.9 Å². The van der Waals surface area contributed by atoms with Crippen molar-refractivity contribution in [2.75, 3.05) is 6.54 Å². The first-order valence-electron chi connectivity index (χ1n) is 10.7. The van der Waals surface area contributed by atoms with Crippen molar-refractivity contribution >= 4 is 11.8 Å². The molecule has 1 aliphatic carbocycles. The van der Waals surface area contributed by atoms with Gasteiger partial charge in [-0.1, -0.05) is 67.4 Å². The van der Waals surface area contributed by atoms with Crippen LogP contribution in [0.1, 0.15) is 49.3 Å². The van der Waals surface area contributed by atoms with Crippen molar-refractivity contribution in [2.24, 2.45) is 0 Å². The lowest BCUT2D eigenvalue weighted by Crippen LogP contribution is -2.51. The molecule has 0 unspecified atom stereocenters. The van der Waals surface area contributed by atoms with Gasteiger partial charge in [0.2, 0.25) is 11.8 Å². The number of amides is 2. The molecule has 1 aliphatic rings. The van der Waals surface area contributed by atoms with Crippen molar-refractivity contribution in [2.45, 2.75) is 64.5 Å². The molecular weight excluding hydrogens is 360 g/mol. The van der Waals surface area contributed by atoms with E-state index in [1.165, 1.54) is 18.4 Å². The fourth-order valence-corrected chi connectivity index (χ4v) is 4.03. The summed E-state index contributed by atoms with van der Waals surface area (Å²) in [7, 11) is 0. The molecule has 1 saturated carbocycles. The lowest BCUT2D eigenvalue weighted by atomic mass is 10.0. The Morgan fingerprint density at radius 3 is 2.38 bits per heavy atom. The van der Waals surface area contributed by atoms with Gasteiger partial charge in [-0.25, -0.2) is 0 Å². The van der Waals surface area contributed by atoms with Crippen LogP contribution in [-0.2, 0) is 22.4 Å². The van der Waals surface area contributed by atoms with E-state index in [0.717, 1.165) is 30.4 Å². The highest BCUT2D eigenvalue weighted by atomic mass is 16.2. The maximum atomic E-state index is 13.2. The molecule has 4 nitrogen and oxygen atoms in total. The lowest BCUT2D eigenvalue weighted by molar-refractivity contribution is -0.139. The van der Waals surface area contributed by atoms with Crippen LogP contribution in [0.4, 0.5) is 0 Å². The second-order valence-electron chi connectivity index (χ2n) is 8.09. The fourth-order valence-electron chi connectivity index (χ4n) is 4.03. The third kappa shape index (κ3) is 5.93. The summed E-state index contributed by atoms with van der Waals surface area (Å²) in [5, 5.41) is 3.15. The van der Waals surface area contributed by atoms with Gasteiger partial charge in [0.1, 0.15) is 6.04 Å². The predicted octanol–water partition coefficient (Wildman–Crippen LogP) is 4.06. The second kappa shape index (κ2) is 10.2. The zero-order valence-corrected chi connectivity index (χ0v) is 17.6. The number of rotatable bonds is 8. The molecule has 1 atom stereocenters. The zero-order valence-electron chi connectivity index (χ0n) is 17.6. The minimum atomic E-state index is -0.476. The summed E-state index contributed by atoms with van der Waals surface area (Å²) in [5.41, 5.74) is 3.29. The molecule has 3 rings (SSSR count). The first-order valence-corrected chi connectivity index (χ1v) is 10.7. The highest BCUT2D eigenvalue weighted by molar-refractivity contribution is 5.88. The number of carbonyl (C=O) groups is 2. The van der Waals surface area contributed by atoms with Gasteiger partial charge in [0.05, 0.1) is 6.42 Å². The third-order valence-corrected chi connectivity index (χ3v) is 5.96. The van der Waals surface area contributed by atoms with Crippen molar-refractivity contribution in [1.82, 2.24) is 10.2 Å². The van der Waals surface area contributed by atoms with E-state index in [1.807, 2.05) is 56.3 Å². The van der Waals surface area contributed by atoms with Gasteiger partial charge in [-0.2, -0.15) is 0 Å². The molecule has 2 amide bonds. The summed E-state index contributed by atoms with van der Waals surface area (Å²) in [4.78, 5) is 27.8. The molecule has 0 aromatic heterocycles. The van der Waals surface area contributed by atoms with Crippen molar-refractivity contribution < 1.29 is 9.59 Å². The molecule has 2 aromatic rings. The number of nitrogens with zero attached hydrogens (tertiary/aromatic N) is 1. The van der Waals surface area contributed by atoms with Crippen molar-refractivity contribution in [3.63, 3.8) is 0 Å². The topological polar surface area (TPSA) is 49.4 Å². The minimum absolute atomic E-state index is 0.00398. The van der Waals surface area contributed by atoms with E-state index < -0.39 is 6.04 Å². The van der Waals surface area contributed by atoms with E-state index in [1.54, 1.807) is 4.90 Å². The summed E-state index contributed by atoms with van der Waals surface area (Å²) in [6.45, 7) is 4.41. The maximum absolute atomic E-state index is 13.2. The Hall–Kier alpha value is -2.62. The van der Waals surface area contributed by atoms with Gasteiger partial charge >= 0.3 is 0 Å². The van der Waals surface area contributed by atoms with Gasteiger partial charge in [-0.3, -0.25) is 9.59 Å². The fraction of sp³-hybridized carbons (Fsp3) is 0.440.